The van der Waals surface area contributed by atoms with Crippen LogP contribution in [0.5, 0.6) is 0 Å². The maximum absolute atomic E-state index is 11.6. The molecule has 6 heteroatoms. The molecule has 2 rings (SSSR count). The smallest absolute Gasteiger partial charge is 0.308 e. The van der Waals surface area contributed by atoms with Gasteiger partial charge in [-0.3, -0.25) is 4.79 Å². The van der Waals surface area contributed by atoms with Crippen LogP contribution in [-0.2, 0) is 30.3 Å². The molecule has 0 amide bonds. The molecule has 164 valence electrons. The van der Waals surface area contributed by atoms with Crippen LogP contribution in [0.2, 0.25) is 0 Å². The average molecular weight is 409 g/mol. The second-order valence-electron chi connectivity index (χ2n) is 8.25. The number of hydrogen-bond acceptors (Lipinski definition) is 6. The fraction of sp³-hybridized carbons (Fsp3) is 0.696. The lowest BCUT2D eigenvalue weighted by Crippen LogP contribution is -2.46. The monoisotopic (exact) mass is 408 g/mol. The van der Waals surface area contributed by atoms with Crippen LogP contribution in [0.25, 0.3) is 0 Å². The normalized spacial score (nSPS) is 23.3. The van der Waals surface area contributed by atoms with E-state index in [1.807, 2.05) is 51.1 Å². The lowest BCUT2D eigenvalue weighted by molar-refractivity contribution is -0.307. The highest BCUT2D eigenvalue weighted by molar-refractivity contribution is 5.69. The molecule has 1 aliphatic rings. The van der Waals surface area contributed by atoms with Crippen LogP contribution in [0.4, 0.5) is 0 Å². The zero-order chi connectivity index (χ0) is 21.3. The fourth-order valence-electron chi connectivity index (χ4n) is 3.61. The molecule has 1 aliphatic heterocycles. The topological polar surface area (TPSA) is 74.2 Å². The Balaban J connectivity index is 1.77. The Morgan fingerprint density at radius 1 is 1.24 bits per heavy atom. The molecule has 0 saturated carbocycles. The maximum Gasteiger partial charge on any atom is 0.308 e. The first-order valence-corrected chi connectivity index (χ1v) is 10.6. The average Bonchev–Trinajstić information content (AvgIpc) is 2.66. The highest BCUT2D eigenvalue weighted by atomic mass is 16.7. The summed E-state index contributed by atoms with van der Waals surface area (Å²) in [4.78, 5) is 11.6. The third-order valence-corrected chi connectivity index (χ3v) is 5.12. The SMILES string of the molecule is CCOC(=O)CC(O)[C@H](C)CC[C@H]1C[C@@H](COCc2ccccc2)OC(C)(C)O1. The first-order valence-electron chi connectivity index (χ1n) is 10.6. The van der Waals surface area contributed by atoms with Gasteiger partial charge in [-0.2, -0.15) is 0 Å². The van der Waals surface area contributed by atoms with Crippen molar-refractivity contribution in [3.63, 3.8) is 0 Å². The van der Waals surface area contributed by atoms with Crippen molar-refractivity contribution in [2.24, 2.45) is 5.92 Å². The number of hydrogen-bond donors (Lipinski definition) is 1. The molecule has 1 unspecified atom stereocenters. The van der Waals surface area contributed by atoms with Crippen molar-refractivity contribution in [2.45, 2.75) is 84.1 Å². The maximum atomic E-state index is 11.6. The summed E-state index contributed by atoms with van der Waals surface area (Å²) in [6, 6.07) is 10.1. The van der Waals surface area contributed by atoms with Gasteiger partial charge in [-0.05, 0) is 45.1 Å². The number of carbonyl (C=O) groups excluding carboxylic acids is 1. The van der Waals surface area contributed by atoms with Gasteiger partial charge in [0.15, 0.2) is 5.79 Å². The van der Waals surface area contributed by atoms with E-state index in [9.17, 15) is 9.90 Å². The van der Waals surface area contributed by atoms with Gasteiger partial charge in [-0.1, -0.05) is 37.3 Å². The molecule has 1 saturated heterocycles. The van der Waals surface area contributed by atoms with Crippen LogP contribution >= 0.6 is 0 Å². The van der Waals surface area contributed by atoms with Gasteiger partial charge < -0.3 is 24.1 Å². The highest BCUT2D eigenvalue weighted by Gasteiger charge is 2.35. The van der Waals surface area contributed by atoms with Crippen LogP contribution in [0, 0.1) is 5.92 Å². The minimum atomic E-state index is -0.702. The molecule has 0 spiro atoms. The minimum absolute atomic E-state index is 0.0123. The summed E-state index contributed by atoms with van der Waals surface area (Å²) in [7, 11) is 0. The van der Waals surface area contributed by atoms with Crippen molar-refractivity contribution >= 4 is 5.97 Å². The number of benzene rings is 1. The third kappa shape index (κ3) is 8.83. The van der Waals surface area contributed by atoms with Crippen LogP contribution in [-0.4, -0.2) is 48.4 Å². The lowest BCUT2D eigenvalue weighted by atomic mass is 9.93. The molecule has 1 aromatic carbocycles. The molecular formula is C23H36O6. The predicted octanol–water partition coefficient (Wildman–Crippen LogP) is 3.84. The molecule has 1 N–H and O–H groups in total. The summed E-state index contributed by atoms with van der Waals surface area (Å²) < 4.78 is 22.9. The highest BCUT2D eigenvalue weighted by Crippen LogP contribution is 2.30. The van der Waals surface area contributed by atoms with Crippen LogP contribution < -0.4 is 0 Å². The molecule has 4 atom stereocenters. The molecule has 1 heterocycles. The number of aliphatic hydroxyl groups excluding tert-OH is 1. The molecule has 1 aromatic rings. The Hall–Kier alpha value is -1.47. The molecule has 0 radical (unpaired) electrons. The largest absolute Gasteiger partial charge is 0.466 e. The Morgan fingerprint density at radius 3 is 2.62 bits per heavy atom. The van der Waals surface area contributed by atoms with Gasteiger partial charge in [0.2, 0.25) is 0 Å². The van der Waals surface area contributed by atoms with E-state index < -0.39 is 11.9 Å². The van der Waals surface area contributed by atoms with Gasteiger partial charge in [-0.25, -0.2) is 0 Å². The minimum Gasteiger partial charge on any atom is -0.466 e. The summed E-state index contributed by atoms with van der Waals surface area (Å²) in [5.41, 5.74) is 1.14. The number of ether oxygens (including phenoxy) is 4. The second-order valence-corrected chi connectivity index (χ2v) is 8.25. The van der Waals surface area contributed by atoms with Crippen molar-refractivity contribution in [1.82, 2.24) is 0 Å². The van der Waals surface area contributed by atoms with Crippen molar-refractivity contribution < 1.29 is 28.8 Å². The molecule has 0 aliphatic carbocycles. The Kier molecular flexibility index (Phi) is 9.56. The summed E-state index contributed by atoms with van der Waals surface area (Å²) in [5.74, 6) is -1.04. The zero-order valence-corrected chi connectivity index (χ0v) is 18.1. The summed E-state index contributed by atoms with van der Waals surface area (Å²) in [5, 5.41) is 10.2. The van der Waals surface area contributed by atoms with Crippen LogP contribution in [0.1, 0.15) is 58.9 Å². The van der Waals surface area contributed by atoms with Gasteiger partial charge in [0.1, 0.15) is 0 Å². The van der Waals surface area contributed by atoms with Crippen molar-refractivity contribution in [3.05, 3.63) is 35.9 Å². The van der Waals surface area contributed by atoms with E-state index in [2.05, 4.69) is 0 Å². The van der Waals surface area contributed by atoms with Crippen LogP contribution in [0.15, 0.2) is 30.3 Å². The molecule has 0 aromatic heterocycles. The van der Waals surface area contributed by atoms with Crippen molar-refractivity contribution in [2.75, 3.05) is 13.2 Å². The Morgan fingerprint density at radius 2 is 1.93 bits per heavy atom. The molecule has 1 fully saturated rings. The van der Waals surface area contributed by atoms with E-state index in [4.69, 9.17) is 18.9 Å². The summed E-state index contributed by atoms with van der Waals surface area (Å²) in [6.07, 6.45) is 1.63. The summed E-state index contributed by atoms with van der Waals surface area (Å²) >= 11 is 0. The van der Waals surface area contributed by atoms with Gasteiger partial charge in [0.05, 0.1) is 44.6 Å². The quantitative estimate of drug-likeness (QED) is 0.561. The van der Waals surface area contributed by atoms with Crippen molar-refractivity contribution in [1.29, 1.82) is 0 Å². The van der Waals surface area contributed by atoms with E-state index >= 15 is 0 Å². The predicted molar refractivity (Wildman–Crippen MR) is 110 cm³/mol. The number of rotatable bonds is 11. The van der Waals surface area contributed by atoms with E-state index in [1.165, 1.54) is 0 Å². The van der Waals surface area contributed by atoms with Gasteiger partial charge >= 0.3 is 5.97 Å². The number of aliphatic hydroxyl groups is 1. The van der Waals surface area contributed by atoms with Gasteiger partial charge in [0.25, 0.3) is 0 Å². The van der Waals surface area contributed by atoms with Gasteiger partial charge in [0, 0.05) is 6.42 Å². The number of carbonyl (C=O) groups is 1. The van der Waals surface area contributed by atoms with E-state index in [0.717, 1.165) is 24.8 Å². The van der Waals surface area contributed by atoms with Crippen molar-refractivity contribution in [3.8, 4) is 0 Å². The first-order chi connectivity index (χ1) is 13.8. The van der Waals surface area contributed by atoms with E-state index in [0.29, 0.717) is 19.8 Å². The van der Waals surface area contributed by atoms with Gasteiger partial charge in [-0.15, -0.1) is 0 Å². The molecular weight excluding hydrogens is 372 g/mol. The summed E-state index contributed by atoms with van der Waals surface area (Å²) in [6.45, 7) is 8.96. The lowest BCUT2D eigenvalue weighted by Gasteiger charge is -2.41. The fourth-order valence-corrected chi connectivity index (χ4v) is 3.61. The standard InChI is InChI=1S/C23H36O6/c1-5-27-22(25)14-21(24)17(2)11-12-19-13-20(29-23(3,4)28-19)16-26-15-18-9-7-6-8-10-18/h6-10,17,19-21,24H,5,11-16H2,1-4H3/t17-,19+,20+,21?/m1/s1. The molecule has 0 bridgehead atoms. The Labute approximate surface area is 174 Å². The van der Waals surface area contributed by atoms with E-state index in [-0.39, 0.29) is 30.5 Å². The zero-order valence-electron chi connectivity index (χ0n) is 18.1. The second kappa shape index (κ2) is 11.6. The van der Waals surface area contributed by atoms with E-state index in [1.54, 1.807) is 6.92 Å². The number of esters is 1. The Bertz CT molecular complexity index is 603. The van der Waals surface area contributed by atoms with Crippen LogP contribution in [0.3, 0.4) is 0 Å². The molecule has 29 heavy (non-hydrogen) atoms. The first kappa shape index (κ1) is 23.8. The molecule has 6 nitrogen and oxygen atoms in total. The third-order valence-electron chi connectivity index (χ3n) is 5.12.